The van der Waals surface area contributed by atoms with E-state index in [2.05, 4.69) is 0 Å². The summed E-state index contributed by atoms with van der Waals surface area (Å²) in [5.41, 5.74) is 2.91. The lowest BCUT2D eigenvalue weighted by Crippen LogP contribution is -2.37. The largest absolute Gasteiger partial charge is 0.478 e. The molecule has 0 radical (unpaired) electrons. The summed E-state index contributed by atoms with van der Waals surface area (Å²) in [5.74, 6) is -0.940. The second-order valence-electron chi connectivity index (χ2n) is 5.14. The summed E-state index contributed by atoms with van der Waals surface area (Å²) in [6.07, 6.45) is 0.834. The highest BCUT2D eigenvalue weighted by Crippen LogP contribution is 2.20. The second-order valence-corrected chi connectivity index (χ2v) is 5.14. The van der Waals surface area contributed by atoms with Crippen LogP contribution < -0.4 is 0 Å². The summed E-state index contributed by atoms with van der Waals surface area (Å²) in [7, 11) is 0. The molecule has 3 rings (SSSR count). The second kappa shape index (κ2) is 5.40. The van der Waals surface area contributed by atoms with Crippen molar-refractivity contribution in [2.45, 2.75) is 13.0 Å². The van der Waals surface area contributed by atoms with Crippen LogP contribution in [0.25, 0.3) is 0 Å². The molecule has 0 bridgehead atoms. The van der Waals surface area contributed by atoms with Gasteiger partial charge >= 0.3 is 5.97 Å². The third-order valence-corrected chi connectivity index (χ3v) is 3.73. The average molecular weight is 281 g/mol. The van der Waals surface area contributed by atoms with E-state index in [9.17, 15) is 9.59 Å². The van der Waals surface area contributed by atoms with E-state index in [1.165, 1.54) is 0 Å². The van der Waals surface area contributed by atoms with E-state index >= 15 is 0 Å². The lowest BCUT2D eigenvalue weighted by molar-refractivity contribution is 0.0696. The van der Waals surface area contributed by atoms with Gasteiger partial charge in [0.25, 0.3) is 5.91 Å². The molecule has 2 aromatic carbocycles. The van der Waals surface area contributed by atoms with Crippen molar-refractivity contribution in [3.63, 3.8) is 0 Å². The highest BCUT2D eigenvalue weighted by atomic mass is 16.4. The summed E-state index contributed by atoms with van der Waals surface area (Å²) in [4.78, 5) is 25.2. The predicted octanol–water partition coefficient (Wildman–Crippen LogP) is 2.58. The van der Waals surface area contributed by atoms with Crippen LogP contribution in [0, 0.1) is 0 Å². The minimum Gasteiger partial charge on any atom is -0.478 e. The van der Waals surface area contributed by atoms with Crippen molar-refractivity contribution in [3.05, 3.63) is 70.8 Å². The van der Waals surface area contributed by atoms with Gasteiger partial charge < -0.3 is 10.0 Å². The summed E-state index contributed by atoms with van der Waals surface area (Å²) in [6.45, 7) is 1.10. The van der Waals surface area contributed by atoms with Gasteiger partial charge in [0.15, 0.2) is 0 Å². The number of carboxylic acids is 1. The standard InChI is InChI=1S/C17H15NO3/c19-16-15-7-2-1-5-13(15)8-9-18(16)11-12-4-3-6-14(10-12)17(20)21/h1-7,10H,8-9,11H2,(H,20,21). The quantitative estimate of drug-likeness (QED) is 0.940. The Hall–Kier alpha value is -2.62. The van der Waals surface area contributed by atoms with E-state index in [1.807, 2.05) is 30.3 Å². The van der Waals surface area contributed by atoms with E-state index < -0.39 is 5.97 Å². The van der Waals surface area contributed by atoms with Gasteiger partial charge in [0, 0.05) is 18.7 Å². The monoisotopic (exact) mass is 281 g/mol. The molecule has 0 aliphatic carbocycles. The maximum absolute atomic E-state index is 12.4. The molecule has 1 aliphatic heterocycles. The molecule has 0 aromatic heterocycles. The summed E-state index contributed by atoms with van der Waals surface area (Å²) >= 11 is 0. The van der Waals surface area contributed by atoms with Crippen molar-refractivity contribution in [2.24, 2.45) is 0 Å². The minimum absolute atomic E-state index is 0.0116. The Morgan fingerprint density at radius 3 is 2.76 bits per heavy atom. The van der Waals surface area contributed by atoms with Crippen molar-refractivity contribution >= 4 is 11.9 Å². The van der Waals surface area contributed by atoms with Crippen molar-refractivity contribution in [3.8, 4) is 0 Å². The number of fused-ring (bicyclic) bond motifs is 1. The van der Waals surface area contributed by atoms with Crippen molar-refractivity contribution in [1.29, 1.82) is 0 Å². The molecule has 1 aliphatic rings. The van der Waals surface area contributed by atoms with Gasteiger partial charge in [0.2, 0.25) is 0 Å². The molecule has 0 saturated heterocycles. The fourth-order valence-corrected chi connectivity index (χ4v) is 2.65. The van der Waals surface area contributed by atoms with Crippen molar-refractivity contribution < 1.29 is 14.7 Å². The first kappa shape index (κ1) is 13.4. The molecule has 1 heterocycles. The number of aromatic carboxylic acids is 1. The maximum atomic E-state index is 12.4. The molecule has 2 aromatic rings. The zero-order chi connectivity index (χ0) is 14.8. The van der Waals surface area contributed by atoms with Crippen LogP contribution in [0.5, 0.6) is 0 Å². The number of amides is 1. The number of hydrogen-bond acceptors (Lipinski definition) is 2. The minimum atomic E-state index is -0.952. The first-order chi connectivity index (χ1) is 10.1. The Morgan fingerprint density at radius 2 is 1.95 bits per heavy atom. The summed E-state index contributed by atoms with van der Waals surface area (Å²) in [5, 5.41) is 9.02. The number of rotatable bonds is 3. The predicted molar refractivity (Wildman–Crippen MR) is 78.3 cm³/mol. The highest BCUT2D eigenvalue weighted by molar-refractivity contribution is 5.96. The van der Waals surface area contributed by atoms with Crippen LogP contribution in [-0.4, -0.2) is 28.4 Å². The van der Waals surface area contributed by atoms with Crippen LogP contribution in [0.2, 0.25) is 0 Å². The average Bonchev–Trinajstić information content (AvgIpc) is 2.51. The van der Waals surface area contributed by atoms with E-state index in [1.54, 1.807) is 23.1 Å². The molecular formula is C17H15NO3. The molecule has 0 atom stereocenters. The number of hydrogen-bond donors (Lipinski definition) is 1. The van der Waals surface area contributed by atoms with Crippen molar-refractivity contribution in [1.82, 2.24) is 4.90 Å². The van der Waals surface area contributed by atoms with Crippen LogP contribution in [-0.2, 0) is 13.0 Å². The van der Waals surface area contributed by atoms with Crippen LogP contribution in [0.3, 0.4) is 0 Å². The van der Waals surface area contributed by atoms with Gasteiger partial charge in [-0.2, -0.15) is 0 Å². The molecule has 0 unspecified atom stereocenters. The normalized spacial score (nSPS) is 13.9. The highest BCUT2D eigenvalue weighted by Gasteiger charge is 2.23. The molecular weight excluding hydrogens is 266 g/mol. The summed E-state index contributed by atoms with van der Waals surface area (Å²) in [6, 6.07) is 14.4. The maximum Gasteiger partial charge on any atom is 0.335 e. The van der Waals surface area contributed by atoms with Gasteiger partial charge in [-0.15, -0.1) is 0 Å². The zero-order valence-corrected chi connectivity index (χ0v) is 11.5. The SMILES string of the molecule is O=C(O)c1cccc(CN2CCc3ccccc3C2=O)c1. The molecule has 1 amide bonds. The Labute approximate surface area is 122 Å². The van der Waals surface area contributed by atoms with Gasteiger partial charge in [-0.1, -0.05) is 30.3 Å². The molecule has 0 fully saturated rings. The summed E-state index contributed by atoms with van der Waals surface area (Å²) < 4.78 is 0. The zero-order valence-electron chi connectivity index (χ0n) is 11.5. The third-order valence-electron chi connectivity index (χ3n) is 3.73. The molecule has 0 saturated carbocycles. The van der Waals surface area contributed by atoms with Gasteiger partial charge in [-0.25, -0.2) is 4.79 Å². The van der Waals surface area contributed by atoms with Gasteiger partial charge in [0.05, 0.1) is 5.56 Å². The number of carboxylic acid groups (broad SMARTS) is 1. The number of carbonyl (C=O) groups is 2. The fourth-order valence-electron chi connectivity index (χ4n) is 2.65. The van der Waals surface area contributed by atoms with Crippen LogP contribution in [0.15, 0.2) is 48.5 Å². The Bertz CT molecular complexity index is 709. The molecule has 21 heavy (non-hydrogen) atoms. The van der Waals surface area contributed by atoms with Crippen LogP contribution in [0.1, 0.15) is 31.8 Å². The van der Waals surface area contributed by atoms with Gasteiger partial charge in [-0.3, -0.25) is 4.79 Å². The fraction of sp³-hybridized carbons (Fsp3) is 0.176. The smallest absolute Gasteiger partial charge is 0.335 e. The first-order valence-electron chi connectivity index (χ1n) is 6.84. The molecule has 1 N–H and O–H groups in total. The molecule has 4 nitrogen and oxygen atoms in total. The molecule has 106 valence electrons. The Morgan fingerprint density at radius 1 is 1.14 bits per heavy atom. The van der Waals surface area contributed by atoms with E-state index in [4.69, 9.17) is 5.11 Å². The Kier molecular flexibility index (Phi) is 3.44. The van der Waals surface area contributed by atoms with Gasteiger partial charge in [-0.05, 0) is 35.7 Å². The topological polar surface area (TPSA) is 57.6 Å². The Balaban J connectivity index is 1.82. The number of benzene rings is 2. The van der Waals surface area contributed by atoms with Crippen LogP contribution in [0.4, 0.5) is 0 Å². The number of carbonyl (C=O) groups excluding carboxylic acids is 1. The number of nitrogens with zero attached hydrogens (tertiary/aromatic N) is 1. The lowest BCUT2D eigenvalue weighted by atomic mass is 9.98. The van der Waals surface area contributed by atoms with E-state index in [0.29, 0.717) is 13.1 Å². The molecule has 4 heteroatoms. The first-order valence-corrected chi connectivity index (χ1v) is 6.84. The van der Waals surface area contributed by atoms with E-state index in [0.717, 1.165) is 23.1 Å². The third kappa shape index (κ3) is 2.65. The molecule has 0 spiro atoms. The van der Waals surface area contributed by atoms with Crippen LogP contribution >= 0.6 is 0 Å². The lowest BCUT2D eigenvalue weighted by Gasteiger charge is -2.28. The van der Waals surface area contributed by atoms with E-state index in [-0.39, 0.29) is 11.5 Å². The van der Waals surface area contributed by atoms with Gasteiger partial charge in [0.1, 0.15) is 0 Å². The van der Waals surface area contributed by atoms with Crippen molar-refractivity contribution in [2.75, 3.05) is 6.54 Å².